The first-order valence-electron chi connectivity index (χ1n) is 7.92. The second kappa shape index (κ2) is 7.78. The van der Waals surface area contributed by atoms with E-state index in [9.17, 15) is 9.59 Å². The van der Waals surface area contributed by atoms with Crippen molar-refractivity contribution in [1.29, 1.82) is 0 Å². The van der Waals surface area contributed by atoms with Crippen molar-refractivity contribution >= 4 is 11.9 Å². The van der Waals surface area contributed by atoms with E-state index in [1.165, 1.54) is 0 Å². The number of likely N-dealkylation sites (N-methyl/N-ethyl adjacent to an activating group) is 1. The lowest BCUT2D eigenvalue weighted by Crippen LogP contribution is -2.43. The van der Waals surface area contributed by atoms with E-state index >= 15 is 0 Å². The van der Waals surface area contributed by atoms with E-state index in [1.54, 1.807) is 0 Å². The molecule has 1 amide bonds. The summed E-state index contributed by atoms with van der Waals surface area (Å²) in [7, 11) is 2.09. The first-order chi connectivity index (χ1) is 9.73. The number of hydrogen-bond acceptors (Lipinski definition) is 4. The second-order valence-corrected chi connectivity index (χ2v) is 6.85. The van der Waals surface area contributed by atoms with Gasteiger partial charge in [0.15, 0.2) is 0 Å². The lowest BCUT2D eigenvalue weighted by Gasteiger charge is -2.30. The third kappa shape index (κ3) is 6.46. The molecule has 1 fully saturated rings. The summed E-state index contributed by atoms with van der Waals surface area (Å²) in [5.74, 6) is -0.223. The predicted molar refractivity (Wildman–Crippen MR) is 83.0 cm³/mol. The lowest BCUT2D eigenvalue weighted by molar-refractivity contribution is -0.156. The highest BCUT2D eigenvalue weighted by molar-refractivity contribution is 5.81. The summed E-state index contributed by atoms with van der Waals surface area (Å²) in [6.07, 6.45) is 2.35. The summed E-state index contributed by atoms with van der Waals surface area (Å²) in [5.41, 5.74) is -0.489. The fraction of sp³-hybridized carbons (Fsp3) is 0.875. The molecule has 0 aromatic rings. The Balaban J connectivity index is 2.51. The molecule has 0 aromatic carbocycles. The van der Waals surface area contributed by atoms with Crippen LogP contribution in [-0.4, -0.2) is 60.0 Å². The molecule has 1 aliphatic heterocycles. The standard InChI is InChI=1S/C16H30N2O3/c1-6-13-12-17(5)10-7-11-18(13)14(19)8-9-15(20)21-16(2,3)4/h13H,6-12H2,1-5H3. The van der Waals surface area contributed by atoms with Crippen molar-refractivity contribution in [2.45, 2.75) is 65.0 Å². The molecule has 0 aromatic heterocycles. The zero-order valence-electron chi connectivity index (χ0n) is 14.1. The minimum Gasteiger partial charge on any atom is -0.460 e. The van der Waals surface area contributed by atoms with Crippen molar-refractivity contribution in [3.63, 3.8) is 0 Å². The molecule has 21 heavy (non-hydrogen) atoms. The Kier molecular flexibility index (Phi) is 6.65. The van der Waals surface area contributed by atoms with Crippen LogP contribution in [0, 0.1) is 0 Å². The van der Waals surface area contributed by atoms with Gasteiger partial charge in [-0.05, 0) is 47.2 Å². The SMILES string of the molecule is CCC1CN(C)CCCN1C(=O)CCC(=O)OC(C)(C)C. The molecule has 0 aliphatic carbocycles. The van der Waals surface area contributed by atoms with Gasteiger partial charge in [0.25, 0.3) is 0 Å². The van der Waals surface area contributed by atoms with Crippen LogP contribution in [0.5, 0.6) is 0 Å². The molecule has 1 aliphatic rings. The molecular formula is C16H30N2O3. The van der Waals surface area contributed by atoms with Gasteiger partial charge in [-0.1, -0.05) is 6.92 Å². The quantitative estimate of drug-likeness (QED) is 0.745. The van der Waals surface area contributed by atoms with E-state index in [2.05, 4.69) is 18.9 Å². The normalized spacial score (nSPS) is 21.0. The molecule has 5 nitrogen and oxygen atoms in total. The Hall–Kier alpha value is -1.10. The van der Waals surface area contributed by atoms with Gasteiger partial charge in [0.2, 0.25) is 5.91 Å². The molecule has 1 rings (SSSR count). The Morgan fingerprint density at radius 3 is 2.43 bits per heavy atom. The molecule has 0 spiro atoms. The molecule has 1 atom stereocenters. The average Bonchev–Trinajstić information content (AvgIpc) is 2.55. The summed E-state index contributed by atoms with van der Waals surface area (Å²) in [4.78, 5) is 28.3. The third-order valence-corrected chi connectivity index (χ3v) is 3.66. The maximum absolute atomic E-state index is 12.4. The number of carbonyl (C=O) groups excluding carboxylic acids is 2. The van der Waals surface area contributed by atoms with Gasteiger partial charge in [0, 0.05) is 25.6 Å². The van der Waals surface area contributed by atoms with Crippen LogP contribution < -0.4 is 0 Å². The minimum absolute atomic E-state index is 0.0722. The first kappa shape index (κ1) is 18.0. The predicted octanol–water partition coefficient (Wildman–Crippen LogP) is 2.05. The molecule has 1 saturated heterocycles. The van der Waals surface area contributed by atoms with Gasteiger partial charge < -0.3 is 14.5 Å². The van der Waals surface area contributed by atoms with Crippen LogP contribution in [0.15, 0.2) is 0 Å². The van der Waals surface area contributed by atoms with Crippen molar-refractivity contribution in [3.05, 3.63) is 0 Å². The fourth-order valence-electron chi connectivity index (χ4n) is 2.67. The molecule has 0 saturated carbocycles. The van der Waals surface area contributed by atoms with E-state index < -0.39 is 5.60 Å². The second-order valence-electron chi connectivity index (χ2n) is 6.85. The van der Waals surface area contributed by atoms with E-state index in [1.807, 2.05) is 25.7 Å². The number of hydrogen-bond donors (Lipinski definition) is 0. The van der Waals surface area contributed by atoms with Gasteiger partial charge in [0.05, 0.1) is 6.42 Å². The number of rotatable bonds is 4. The molecule has 5 heteroatoms. The van der Waals surface area contributed by atoms with Crippen LogP contribution in [0.25, 0.3) is 0 Å². The van der Waals surface area contributed by atoms with Gasteiger partial charge in [-0.2, -0.15) is 0 Å². The molecule has 1 heterocycles. The lowest BCUT2D eigenvalue weighted by atomic mass is 10.1. The van der Waals surface area contributed by atoms with Crippen molar-refractivity contribution < 1.29 is 14.3 Å². The average molecular weight is 298 g/mol. The van der Waals surface area contributed by atoms with E-state index in [4.69, 9.17) is 4.74 Å². The molecule has 0 bridgehead atoms. The zero-order chi connectivity index (χ0) is 16.0. The van der Waals surface area contributed by atoms with Crippen molar-refractivity contribution in [1.82, 2.24) is 9.80 Å². The smallest absolute Gasteiger partial charge is 0.306 e. The summed E-state index contributed by atoms with van der Waals surface area (Å²) >= 11 is 0. The van der Waals surface area contributed by atoms with E-state index in [-0.39, 0.29) is 30.8 Å². The molecular weight excluding hydrogens is 268 g/mol. The first-order valence-corrected chi connectivity index (χ1v) is 7.92. The zero-order valence-corrected chi connectivity index (χ0v) is 14.1. The minimum atomic E-state index is -0.489. The fourth-order valence-corrected chi connectivity index (χ4v) is 2.67. The number of esters is 1. The van der Waals surface area contributed by atoms with Crippen LogP contribution in [0.3, 0.4) is 0 Å². The van der Waals surface area contributed by atoms with E-state index in [0.717, 1.165) is 32.5 Å². The van der Waals surface area contributed by atoms with Crippen LogP contribution in [0.2, 0.25) is 0 Å². The van der Waals surface area contributed by atoms with Gasteiger partial charge in [-0.25, -0.2) is 0 Å². The van der Waals surface area contributed by atoms with Gasteiger partial charge in [0.1, 0.15) is 5.60 Å². The van der Waals surface area contributed by atoms with Crippen molar-refractivity contribution in [3.8, 4) is 0 Å². The summed E-state index contributed by atoms with van der Waals surface area (Å²) < 4.78 is 5.25. The molecule has 0 radical (unpaired) electrons. The van der Waals surface area contributed by atoms with Crippen LogP contribution in [0.1, 0.15) is 53.4 Å². The van der Waals surface area contributed by atoms with Crippen LogP contribution in [-0.2, 0) is 14.3 Å². The van der Waals surface area contributed by atoms with Crippen molar-refractivity contribution in [2.75, 3.05) is 26.7 Å². The Morgan fingerprint density at radius 1 is 1.19 bits per heavy atom. The van der Waals surface area contributed by atoms with Crippen molar-refractivity contribution in [2.24, 2.45) is 0 Å². The van der Waals surface area contributed by atoms with Gasteiger partial charge >= 0.3 is 5.97 Å². The van der Waals surface area contributed by atoms with Crippen LogP contribution >= 0.6 is 0 Å². The largest absolute Gasteiger partial charge is 0.460 e. The Bertz CT molecular complexity index is 363. The summed E-state index contributed by atoms with van der Waals surface area (Å²) in [6, 6.07) is 0.253. The summed E-state index contributed by atoms with van der Waals surface area (Å²) in [5, 5.41) is 0. The number of amides is 1. The highest BCUT2D eigenvalue weighted by atomic mass is 16.6. The van der Waals surface area contributed by atoms with E-state index in [0.29, 0.717) is 0 Å². The number of ether oxygens (including phenoxy) is 1. The number of nitrogens with zero attached hydrogens (tertiary/aromatic N) is 2. The highest BCUT2D eigenvalue weighted by Gasteiger charge is 2.26. The van der Waals surface area contributed by atoms with Crippen LogP contribution in [0.4, 0.5) is 0 Å². The van der Waals surface area contributed by atoms with Gasteiger partial charge in [-0.3, -0.25) is 9.59 Å². The maximum atomic E-state index is 12.4. The Labute approximate surface area is 128 Å². The monoisotopic (exact) mass is 298 g/mol. The molecule has 1 unspecified atom stereocenters. The van der Waals surface area contributed by atoms with Gasteiger partial charge in [-0.15, -0.1) is 0 Å². The summed E-state index contributed by atoms with van der Waals surface area (Å²) in [6.45, 7) is 10.3. The number of carbonyl (C=O) groups is 2. The third-order valence-electron chi connectivity index (χ3n) is 3.66. The Morgan fingerprint density at radius 2 is 1.86 bits per heavy atom. The molecule has 0 N–H and O–H groups in total. The molecule has 122 valence electrons. The topological polar surface area (TPSA) is 49.9 Å². The maximum Gasteiger partial charge on any atom is 0.306 e. The highest BCUT2D eigenvalue weighted by Crippen LogP contribution is 2.15.